The second-order valence-electron chi connectivity index (χ2n) is 13.9. The second kappa shape index (κ2) is 12.4. The second-order valence-corrected chi connectivity index (χ2v) is 14.8. The normalized spacial score (nSPS) is 24.1. The highest BCUT2D eigenvalue weighted by Gasteiger charge is 2.71. The number of esters is 1. The molecule has 3 heterocycles. The van der Waals surface area contributed by atoms with Gasteiger partial charge in [0.2, 0.25) is 11.8 Å². The minimum Gasteiger partial charge on any atom is -0.467 e. The first-order chi connectivity index (χ1) is 22.3. The van der Waals surface area contributed by atoms with Crippen molar-refractivity contribution in [1.82, 2.24) is 15.2 Å². The van der Waals surface area contributed by atoms with Gasteiger partial charge in [0, 0.05) is 43.1 Å². The summed E-state index contributed by atoms with van der Waals surface area (Å²) in [7, 11) is 1.19. The fourth-order valence-electron chi connectivity index (χ4n) is 7.69. The summed E-state index contributed by atoms with van der Waals surface area (Å²) in [4.78, 5) is 47.4. The third kappa shape index (κ3) is 6.07. The van der Waals surface area contributed by atoms with E-state index in [1.807, 2.05) is 4.90 Å². The van der Waals surface area contributed by atoms with Crippen molar-refractivity contribution in [3.63, 3.8) is 0 Å². The molecule has 2 saturated carbocycles. The Labute approximate surface area is 273 Å². The van der Waals surface area contributed by atoms with Crippen molar-refractivity contribution in [3.8, 4) is 0 Å². The summed E-state index contributed by atoms with van der Waals surface area (Å²) in [6.07, 6.45) is -1.48. The number of aromatic nitrogens is 1. The van der Waals surface area contributed by atoms with Crippen molar-refractivity contribution in [3.05, 3.63) is 23.5 Å². The van der Waals surface area contributed by atoms with Gasteiger partial charge in [0.15, 0.2) is 6.04 Å². The molecule has 2 aliphatic carbocycles. The predicted octanol–water partition coefficient (Wildman–Crippen LogP) is 4.05. The molecule has 15 heteroatoms. The number of benzene rings is 1. The number of anilines is 1. The van der Waals surface area contributed by atoms with Gasteiger partial charge in [-0.3, -0.25) is 9.59 Å². The van der Waals surface area contributed by atoms with Crippen LogP contribution >= 0.6 is 11.3 Å². The molecule has 2 aromatic rings. The van der Waals surface area contributed by atoms with Crippen molar-refractivity contribution in [2.45, 2.75) is 70.2 Å². The molecule has 258 valence electrons. The van der Waals surface area contributed by atoms with Crippen LogP contribution in [-0.2, 0) is 23.9 Å². The van der Waals surface area contributed by atoms with E-state index in [1.165, 1.54) is 35.5 Å². The van der Waals surface area contributed by atoms with Gasteiger partial charge < -0.3 is 29.7 Å². The summed E-state index contributed by atoms with van der Waals surface area (Å²) in [5.41, 5.74) is -1.24. The Morgan fingerprint density at radius 1 is 1.13 bits per heavy atom. The Kier molecular flexibility index (Phi) is 8.96. The average molecular weight is 685 g/mol. The van der Waals surface area contributed by atoms with Crippen LogP contribution in [0.3, 0.4) is 0 Å². The molecule has 1 aromatic heterocycles. The van der Waals surface area contributed by atoms with E-state index >= 15 is 0 Å². The number of thiazole rings is 1. The first kappa shape index (κ1) is 33.8. The van der Waals surface area contributed by atoms with Gasteiger partial charge in [-0.1, -0.05) is 19.3 Å². The van der Waals surface area contributed by atoms with Gasteiger partial charge in [0.1, 0.15) is 11.2 Å². The Morgan fingerprint density at radius 2 is 1.83 bits per heavy atom. The quantitative estimate of drug-likeness (QED) is 0.284. The van der Waals surface area contributed by atoms with Gasteiger partial charge in [0.05, 0.1) is 53.8 Å². The molecule has 47 heavy (non-hydrogen) atoms. The van der Waals surface area contributed by atoms with E-state index in [0.717, 1.165) is 32.1 Å². The molecule has 2 aliphatic heterocycles. The summed E-state index contributed by atoms with van der Waals surface area (Å²) in [5, 5.41) is 12.9. The molecule has 2 saturated heterocycles. The van der Waals surface area contributed by atoms with Crippen LogP contribution in [0.1, 0.15) is 51.9 Å². The van der Waals surface area contributed by atoms with Crippen LogP contribution in [0.2, 0.25) is 0 Å². The highest BCUT2D eigenvalue weighted by atomic mass is 32.1. The minimum atomic E-state index is -4.67. The zero-order valence-electron chi connectivity index (χ0n) is 26.4. The van der Waals surface area contributed by atoms with Gasteiger partial charge in [-0.25, -0.2) is 14.2 Å². The largest absolute Gasteiger partial charge is 0.467 e. The molecular weight excluding hydrogens is 644 g/mol. The first-order valence-corrected chi connectivity index (χ1v) is 16.9. The molecule has 2 N–H and O–H groups in total. The molecule has 10 nitrogen and oxygen atoms in total. The number of carbonyl (C=O) groups excluding carboxylic acids is 3. The number of hydrogen-bond donors (Lipinski definition) is 2. The topological polar surface area (TPSA) is 121 Å². The van der Waals surface area contributed by atoms with E-state index < -0.39 is 64.1 Å². The molecule has 1 aromatic carbocycles. The van der Waals surface area contributed by atoms with Crippen LogP contribution in [0.15, 0.2) is 17.6 Å². The van der Waals surface area contributed by atoms with Crippen LogP contribution in [0.5, 0.6) is 0 Å². The number of alkyl halides is 3. The Morgan fingerprint density at radius 3 is 2.45 bits per heavy atom. The highest BCUT2D eigenvalue weighted by molar-refractivity contribution is 7.17. The van der Waals surface area contributed by atoms with E-state index in [0.29, 0.717) is 15.9 Å². The van der Waals surface area contributed by atoms with Crippen LogP contribution in [-0.4, -0.2) is 97.6 Å². The number of amides is 2. The number of halogens is 4. The number of aliphatic hydroxyl groups excluding tert-OH is 1. The van der Waals surface area contributed by atoms with E-state index in [9.17, 15) is 37.1 Å². The van der Waals surface area contributed by atoms with Crippen molar-refractivity contribution in [2.24, 2.45) is 22.2 Å². The molecule has 0 bridgehead atoms. The summed E-state index contributed by atoms with van der Waals surface area (Å²) < 4.78 is 67.9. The van der Waals surface area contributed by atoms with Crippen LogP contribution < -0.4 is 10.2 Å². The lowest BCUT2D eigenvalue weighted by Crippen LogP contribution is -2.66. The third-order valence-corrected chi connectivity index (χ3v) is 11.7. The van der Waals surface area contributed by atoms with Gasteiger partial charge >= 0.3 is 12.1 Å². The molecule has 0 radical (unpaired) electrons. The minimum absolute atomic E-state index is 0.0622. The maximum absolute atomic E-state index is 14.7. The third-order valence-electron chi connectivity index (χ3n) is 10.8. The number of hydrogen-bond acceptors (Lipinski definition) is 9. The standard InChI is InChI=1S/C32H40F4N4O6S/c1-19(46-17-29(16-41)6-4-3-5-7-29)24(27(43)45-2)38-26(42)21-12-39(23-11-20(33)10-22-25(23)47-18-37-22)13-30(21)14-40(15-30)28(44)31(8-9-31)32(34,35)36/h10-11,18-19,21,24,41H,3-9,12-17H2,1-2H3,(H,38,42)/t19-,21+,24+/m1/s1. The van der Waals surface area contributed by atoms with Crippen LogP contribution in [0.25, 0.3) is 10.2 Å². The molecule has 3 atom stereocenters. The number of rotatable bonds is 10. The van der Waals surface area contributed by atoms with Crippen molar-refractivity contribution < 1.29 is 46.5 Å². The number of carbonyl (C=O) groups is 3. The average Bonchev–Trinajstić information content (AvgIpc) is 3.57. The number of nitrogens with zero attached hydrogens (tertiary/aromatic N) is 3. The molecular formula is C32H40F4N4O6S. The SMILES string of the molecule is COC(=O)[C@@H](NC(=O)[C@@H]1CN(c2cc(F)cc3ncsc23)CC12CN(C(=O)C1(C(F)(F)F)CC1)C2)[C@@H](C)OCC1(CO)CCCCC1. The molecule has 4 fully saturated rings. The number of ether oxygens (including phenoxy) is 2. The molecule has 0 unspecified atom stereocenters. The van der Waals surface area contributed by atoms with Crippen LogP contribution in [0, 0.1) is 28.0 Å². The monoisotopic (exact) mass is 684 g/mol. The maximum atomic E-state index is 14.7. The van der Waals surface area contributed by atoms with Crippen LogP contribution in [0.4, 0.5) is 23.2 Å². The number of likely N-dealkylation sites (tertiary alicyclic amines) is 1. The smallest absolute Gasteiger partial charge is 0.403 e. The number of methoxy groups -OCH3 is 1. The highest BCUT2D eigenvalue weighted by Crippen LogP contribution is 2.60. The fourth-order valence-corrected chi connectivity index (χ4v) is 8.51. The van der Waals surface area contributed by atoms with Crippen molar-refractivity contribution in [2.75, 3.05) is 51.4 Å². The fraction of sp³-hybridized carbons (Fsp3) is 0.688. The summed E-state index contributed by atoms with van der Waals surface area (Å²) >= 11 is 1.30. The molecule has 4 aliphatic rings. The van der Waals surface area contributed by atoms with E-state index in [1.54, 1.807) is 12.4 Å². The molecule has 2 amide bonds. The Bertz CT molecular complexity index is 1520. The van der Waals surface area contributed by atoms with E-state index in [2.05, 4.69) is 10.3 Å². The maximum Gasteiger partial charge on any atom is 0.403 e. The Hall–Kier alpha value is -3.04. The van der Waals surface area contributed by atoms with Gasteiger partial charge in [0.25, 0.3) is 0 Å². The number of nitrogens with one attached hydrogen (secondary N) is 1. The lowest BCUT2D eigenvalue weighted by Gasteiger charge is -2.51. The van der Waals surface area contributed by atoms with Gasteiger partial charge in [-0.15, -0.1) is 11.3 Å². The number of aliphatic hydroxyl groups is 1. The zero-order chi connectivity index (χ0) is 33.8. The van der Waals surface area contributed by atoms with Gasteiger partial charge in [-0.05, 0) is 38.7 Å². The Balaban J connectivity index is 1.24. The zero-order valence-corrected chi connectivity index (χ0v) is 27.2. The molecule has 1 spiro atoms. The van der Waals surface area contributed by atoms with Crippen molar-refractivity contribution in [1.29, 1.82) is 0 Å². The van der Waals surface area contributed by atoms with Crippen molar-refractivity contribution >= 4 is 45.0 Å². The lowest BCUT2D eigenvalue weighted by atomic mass is 9.70. The summed E-state index contributed by atoms with van der Waals surface area (Å²) in [5.74, 6) is -3.66. The summed E-state index contributed by atoms with van der Waals surface area (Å²) in [6, 6.07) is 1.43. The predicted molar refractivity (Wildman–Crippen MR) is 164 cm³/mol. The lowest BCUT2D eigenvalue weighted by molar-refractivity contribution is -0.205. The number of fused-ring (bicyclic) bond motifs is 1. The first-order valence-electron chi connectivity index (χ1n) is 16.0. The van der Waals surface area contributed by atoms with Gasteiger partial charge in [-0.2, -0.15) is 13.2 Å². The van der Waals surface area contributed by atoms with E-state index in [4.69, 9.17) is 9.47 Å². The van der Waals surface area contributed by atoms with E-state index in [-0.39, 0.29) is 52.2 Å². The summed E-state index contributed by atoms with van der Waals surface area (Å²) in [6.45, 7) is 1.84. The molecule has 6 rings (SSSR count).